The first kappa shape index (κ1) is 12.2. The van der Waals surface area contributed by atoms with Crippen LogP contribution < -0.4 is 0 Å². The van der Waals surface area contributed by atoms with Crippen LogP contribution in [0.5, 0.6) is 0 Å². The van der Waals surface area contributed by atoms with Crippen LogP contribution in [0, 0.1) is 5.41 Å². The zero-order valence-corrected chi connectivity index (χ0v) is 10.1. The van der Waals surface area contributed by atoms with Crippen molar-refractivity contribution in [3.8, 4) is 0 Å². The number of carbonyl (C=O) groups excluding carboxylic acids is 1. The number of Topliss-reactive ketones (excluding diaryl/α,β-unsaturated/α-hetero) is 1. The fourth-order valence-electron chi connectivity index (χ4n) is 1.16. The molecule has 1 rings (SSSR count). The smallest absolute Gasteiger partial charge is 0.181 e. The Balaban J connectivity index is 2.58. The number of ketones is 1. The minimum Gasteiger partial charge on any atom is -0.292 e. The van der Waals surface area contributed by atoms with Crippen LogP contribution in [0.3, 0.4) is 0 Å². The van der Waals surface area contributed by atoms with Crippen LogP contribution in [0.2, 0.25) is 5.02 Å². The summed E-state index contributed by atoms with van der Waals surface area (Å²) in [7, 11) is 0. The number of hydrogen-bond acceptors (Lipinski definition) is 2. The van der Waals surface area contributed by atoms with E-state index in [0.29, 0.717) is 17.1 Å². The third-order valence-corrected chi connectivity index (χ3v) is 2.34. The molecule has 1 aromatic heterocycles. The topological polar surface area (TPSA) is 30.0 Å². The van der Waals surface area contributed by atoms with E-state index in [9.17, 15) is 4.79 Å². The lowest BCUT2D eigenvalue weighted by Crippen LogP contribution is -2.10. The molecule has 0 N–H and O–H groups in total. The van der Waals surface area contributed by atoms with Gasteiger partial charge in [-0.1, -0.05) is 32.4 Å². The van der Waals surface area contributed by atoms with Gasteiger partial charge in [0.15, 0.2) is 5.78 Å². The van der Waals surface area contributed by atoms with Crippen LogP contribution in [0.1, 0.15) is 44.1 Å². The van der Waals surface area contributed by atoms with E-state index in [-0.39, 0.29) is 11.2 Å². The Morgan fingerprint density at radius 2 is 2.07 bits per heavy atom. The minimum absolute atomic E-state index is 0.0848. The summed E-state index contributed by atoms with van der Waals surface area (Å²) in [6, 6.07) is 3.37. The summed E-state index contributed by atoms with van der Waals surface area (Å²) in [6.07, 6.45) is 2.92. The summed E-state index contributed by atoms with van der Waals surface area (Å²) in [5, 5.41) is 0.558. The van der Waals surface area contributed by atoms with Gasteiger partial charge in [0.1, 0.15) is 5.69 Å². The molecular formula is C12H16ClNO. The zero-order chi connectivity index (χ0) is 11.5. The van der Waals surface area contributed by atoms with Gasteiger partial charge in [-0.05, 0) is 24.0 Å². The van der Waals surface area contributed by atoms with E-state index in [1.807, 2.05) is 0 Å². The van der Waals surface area contributed by atoms with Gasteiger partial charge in [-0.2, -0.15) is 0 Å². The van der Waals surface area contributed by atoms with Crippen LogP contribution in [0.25, 0.3) is 0 Å². The summed E-state index contributed by atoms with van der Waals surface area (Å²) in [5.41, 5.74) is 0.686. The standard InChI is InChI=1S/C12H16ClNO/c1-12(2,3)7-6-11(15)10-5-4-9(13)8-14-10/h4-5,8H,6-7H2,1-3H3. The maximum absolute atomic E-state index is 11.7. The molecule has 2 nitrogen and oxygen atoms in total. The Morgan fingerprint density at radius 1 is 1.40 bits per heavy atom. The van der Waals surface area contributed by atoms with E-state index < -0.39 is 0 Å². The Kier molecular flexibility index (Phi) is 3.86. The predicted molar refractivity (Wildman–Crippen MR) is 62.3 cm³/mol. The van der Waals surface area contributed by atoms with Crippen molar-refractivity contribution in [2.45, 2.75) is 33.6 Å². The van der Waals surface area contributed by atoms with E-state index in [1.54, 1.807) is 12.1 Å². The van der Waals surface area contributed by atoms with Gasteiger partial charge in [0.05, 0.1) is 5.02 Å². The molecule has 0 amide bonds. The number of nitrogens with zero attached hydrogens (tertiary/aromatic N) is 1. The van der Waals surface area contributed by atoms with E-state index in [4.69, 9.17) is 11.6 Å². The normalized spacial score (nSPS) is 11.5. The fourth-order valence-corrected chi connectivity index (χ4v) is 1.27. The van der Waals surface area contributed by atoms with Crippen molar-refractivity contribution in [3.63, 3.8) is 0 Å². The predicted octanol–water partition coefficient (Wildman–Crippen LogP) is 3.74. The highest BCUT2D eigenvalue weighted by atomic mass is 35.5. The molecule has 0 aliphatic heterocycles. The van der Waals surface area contributed by atoms with Crippen LogP contribution in [-0.2, 0) is 0 Å². The first-order valence-electron chi connectivity index (χ1n) is 5.03. The SMILES string of the molecule is CC(C)(C)CCC(=O)c1ccc(Cl)cn1. The van der Waals surface area contributed by atoms with Crippen molar-refractivity contribution in [1.29, 1.82) is 0 Å². The van der Waals surface area contributed by atoms with Gasteiger partial charge in [-0.25, -0.2) is 0 Å². The van der Waals surface area contributed by atoms with E-state index >= 15 is 0 Å². The first-order valence-corrected chi connectivity index (χ1v) is 5.41. The summed E-state index contributed by atoms with van der Waals surface area (Å²) in [4.78, 5) is 15.7. The molecule has 0 fully saturated rings. The third-order valence-electron chi connectivity index (χ3n) is 2.12. The zero-order valence-electron chi connectivity index (χ0n) is 9.38. The molecule has 0 saturated heterocycles. The highest BCUT2D eigenvalue weighted by molar-refractivity contribution is 6.30. The molecule has 0 spiro atoms. The van der Waals surface area contributed by atoms with Gasteiger partial charge in [0, 0.05) is 12.6 Å². The number of hydrogen-bond donors (Lipinski definition) is 0. The fraction of sp³-hybridized carbons (Fsp3) is 0.500. The molecular weight excluding hydrogens is 210 g/mol. The summed E-state index contributed by atoms with van der Waals surface area (Å²) < 4.78 is 0. The Bertz CT molecular complexity index is 338. The van der Waals surface area contributed by atoms with Crippen molar-refractivity contribution < 1.29 is 4.79 Å². The largest absolute Gasteiger partial charge is 0.292 e. The lowest BCUT2D eigenvalue weighted by molar-refractivity contribution is 0.0961. The maximum atomic E-state index is 11.7. The Hall–Kier alpha value is -0.890. The molecule has 15 heavy (non-hydrogen) atoms. The molecule has 82 valence electrons. The van der Waals surface area contributed by atoms with Crippen LogP contribution in [0.15, 0.2) is 18.3 Å². The van der Waals surface area contributed by atoms with Gasteiger partial charge in [-0.3, -0.25) is 9.78 Å². The van der Waals surface area contributed by atoms with E-state index in [0.717, 1.165) is 6.42 Å². The van der Waals surface area contributed by atoms with Gasteiger partial charge in [0.25, 0.3) is 0 Å². The second kappa shape index (κ2) is 4.75. The van der Waals surface area contributed by atoms with Gasteiger partial charge < -0.3 is 0 Å². The third kappa shape index (κ3) is 4.43. The number of pyridine rings is 1. The Labute approximate surface area is 95.7 Å². The summed E-state index contributed by atoms with van der Waals surface area (Å²) in [6.45, 7) is 6.36. The average Bonchev–Trinajstić information content (AvgIpc) is 2.14. The Morgan fingerprint density at radius 3 is 2.53 bits per heavy atom. The molecule has 0 unspecified atom stereocenters. The van der Waals surface area contributed by atoms with E-state index in [1.165, 1.54) is 6.20 Å². The molecule has 0 aromatic carbocycles. The van der Waals surface area contributed by atoms with Gasteiger partial charge in [-0.15, -0.1) is 0 Å². The second-order valence-electron chi connectivity index (χ2n) is 4.85. The molecule has 0 radical (unpaired) electrons. The lowest BCUT2D eigenvalue weighted by Gasteiger charge is -2.16. The molecule has 1 aromatic rings. The molecule has 3 heteroatoms. The van der Waals surface area contributed by atoms with Crippen molar-refractivity contribution in [2.75, 3.05) is 0 Å². The monoisotopic (exact) mass is 225 g/mol. The highest BCUT2D eigenvalue weighted by Gasteiger charge is 2.14. The van der Waals surface area contributed by atoms with Crippen molar-refractivity contribution in [3.05, 3.63) is 29.0 Å². The molecule has 0 saturated carbocycles. The minimum atomic E-state index is 0.0848. The second-order valence-corrected chi connectivity index (χ2v) is 5.28. The molecule has 1 heterocycles. The molecule has 0 atom stereocenters. The number of carbonyl (C=O) groups is 1. The number of rotatable bonds is 3. The lowest BCUT2D eigenvalue weighted by atomic mass is 9.89. The quantitative estimate of drug-likeness (QED) is 0.734. The number of aromatic nitrogens is 1. The van der Waals surface area contributed by atoms with Gasteiger partial charge >= 0.3 is 0 Å². The maximum Gasteiger partial charge on any atom is 0.181 e. The molecule has 0 aliphatic rings. The summed E-state index contributed by atoms with van der Waals surface area (Å²) in [5.74, 6) is 0.0848. The average molecular weight is 226 g/mol. The number of halogens is 1. The first-order chi connectivity index (χ1) is 6.88. The van der Waals surface area contributed by atoms with Gasteiger partial charge in [0.2, 0.25) is 0 Å². The van der Waals surface area contributed by atoms with E-state index in [2.05, 4.69) is 25.8 Å². The van der Waals surface area contributed by atoms with Crippen LogP contribution in [0.4, 0.5) is 0 Å². The highest BCUT2D eigenvalue weighted by Crippen LogP contribution is 2.21. The molecule has 0 aliphatic carbocycles. The molecule has 0 bridgehead atoms. The van der Waals surface area contributed by atoms with Crippen molar-refractivity contribution in [1.82, 2.24) is 4.98 Å². The van der Waals surface area contributed by atoms with Crippen molar-refractivity contribution in [2.24, 2.45) is 5.41 Å². The van der Waals surface area contributed by atoms with Crippen LogP contribution >= 0.6 is 11.6 Å². The summed E-state index contributed by atoms with van der Waals surface area (Å²) >= 11 is 5.69. The van der Waals surface area contributed by atoms with Crippen LogP contribution in [-0.4, -0.2) is 10.8 Å². The van der Waals surface area contributed by atoms with Crippen molar-refractivity contribution >= 4 is 17.4 Å².